The van der Waals surface area contributed by atoms with Gasteiger partial charge in [-0.15, -0.1) is 0 Å². The second kappa shape index (κ2) is 12.6. The number of ether oxygens (including phenoxy) is 3. The summed E-state index contributed by atoms with van der Waals surface area (Å²) in [6.45, 7) is 0.685. The first-order chi connectivity index (χ1) is 15.0. The molecule has 9 heteroatoms. The van der Waals surface area contributed by atoms with Crippen molar-refractivity contribution < 1.29 is 19.0 Å². The molecule has 0 saturated heterocycles. The first kappa shape index (κ1) is 24.2. The van der Waals surface area contributed by atoms with Crippen LogP contribution in [0.3, 0.4) is 0 Å². The van der Waals surface area contributed by atoms with Crippen LogP contribution in [0.1, 0.15) is 49.7 Å². The summed E-state index contributed by atoms with van der Waals surface area (Å²) in [7, 11) is 3.07. The van der Waals surface area contributed by atoms with Crippen LogP contribution in [0.4, 0.5) is 11.8 Å². The van der Waals surface area contributed by atoms with Gasteiger partial charge in [0, 0.05) is 24.6 Å². The number of nitrogens with two attached hydrogens (primary N) is 3. The van der Waals surface area contributed by atoms with E-state index in [9.17, 15) is 4.79 Å². The Hall–Kier alpha value is -3.07. The van der Waals surface area contributed by atoms with E-state index in [2.05, 4.69) is 9.97 Å². The quantitative estimate of drug-likeness (QED) is 0.383. The highest BCUT2D eigenvalue weighted by molar-refractivity contribution is 5.80. The third kappa shape index (κ3) is 7.60. The molecular formula is C22H33N5O4. The lowest BCUT2D eigenvalue weighted by Gasteiger charge is -2.16. The largest absolute Gasteiger partial charge is 0.493 e. The highest BCUT2D eigenvalue weighted by atomic mass is 16.5. The second-order valence-corrected chi connectivity index (χ2v) is 7.28. The maximum atomic E-state index is 12.2. The fraction of sp³-hybridized carbons (Fsp3) is 0.500. The molecule has 9 nitrogen and oxygen atoms in total. The molecule has 0 aliphatic carbocycles. The van der Waals surface area contributed by atoms with E-state index in [-0.39, 0.29) is 18.3 Å². The van der Waals surface area contributed by atoms with Gasteiger partial charge in [-0.1, -0.05) is 19.3 Å². The van der Waals surface area contributed by atoms with Gasteiger partial charge in [0.1, 0.15) is 12.4 Å². The number of nitrogen functional groups attached to an aromatic ring is 2. The van der Waals surface area contributed by atoms with Crippen molar-refractivity contribution in [2.45, 2.75) is 44.9 Å². The highest BCUT2D eigenvalue weighted by Crippen LogP contribution is 2.39. The second-order valence-electron chi connectivity index (χ2n) is 7.28. The van der Waals surface area contributed by atoms with Crippen molar-refractivity contribution in [2.75, 3.05) is 38.8 Å². The van der Waals surface area contributed by atoms with Crippen LogP contribution in [0.2, 0.25) is 0 Å². The number of methoxy groups -OCH3 is 2. The van der Waals surface area contributed by atoms with Crippen LogP contribution < -0.4 is 31.4 Å². The summed E-state index contributed by atoms with van der Waals surface area (Å²) in [5.74, 6) is 1.82. The van der Waals surface area contributed by atoms with E-state index in [1.54, 1.807) is 6.20 Å². The van der Waals surface area contributed by atoms with E-state index in [0.717, 1.165) is 49.8 Å². The van der Waals surface area contributed by atoms with Crippen LogP contribution in [0.15, 0.2) is 18.3 Å². The van der Waals surface area contributed by atoms with Gasteiger partial charge in [-0.25, -0.2) is 4.98 Å². The fourth-order valence-electron chi connectivity index (χ4n) is 3.19. The first-order valence-electron chi connectivity index (χ1n) is 10.4. The third-order valence-corrected chi connectivity index (χ3v) is 4.87. The molecule has 0 aliphatic heterocycles. The molecule has 6 N–H and O–H groups in total. The number of aromatic nitrogens is 2. The van der Waals surface area contributed by atoms with Crippen LogP contribution in [0.5, 0.6) is 17.2 Å². The van der Waals surface area contributed by atoms with Crippen molar-refractivity contribution in [1.29, 1.82) is 0 Å². The summed E-state index contributed by atoms with van der Waals surface area (Å²) in [6.07, 6.45) is 7.65. The molecule has 2 aromatic rings. The number of carbonyl (C=O) groups is 1. The lowest BCUT2D eigenvalue weighted by Crippen LogP contribution is -2.12. The summed E-state index contributed by atoms with van der Waals surface area (Å²) in [5.41, 5.74) is 18.6. The number of rotatable bonds is 14. The average molecular weight is 432 g/mol. The maximum absolute atomic E-state index is 12.2. The Morgan fingerprint density at radius 1 is 1.00 bits per heavy atom. The number of hydrogen-bond donors (Lipinski definition) is 3. The van der Waals surface area contributed by atoms with Gasteiger partial charge in [0.2, 0.25) is 11.7 Å². The fourth-order valence-corrected chi connectivity index (χ4v) is 3.19. The van der Waals surface area contributed by atoms with Crippen molar-refractivity contribution in [3.05, 3.63) is 29.5 Å². The van der Waals surface area contributed by atoms with Gasteiger partial charge in [0.25, 0.3) is 0 Å². The van der Waals surface area contributed by atoms with Crippen LogP contribution in [0, 0.1) is 0 Å². The number of anilines is 2. The zero-order valence-electron chi connectivity index (χ0n) is 18.4. The number of unbranched alkanes of at least 4 members (excludes halogenated alkanes) is 4. The van der Waals surface area contributed by atoms with Gasteiger partial charge >= 0.3 is 0 Å². The van der Waals surface area contributed by atoms with E-state index >= 15 is 0 Å². The molecule has 0 radical (unpaired) electrons. The minimum absolute atomic E-state index is 0.0341. The smallest absolute Gasteiger partial charge is 0.221 e. The molecule has 0 unspecified atom stereocenters. The Morgan fingerprint density at radius 3 is 2.26 bits per heavy atom. The molecule has 0 atom stereocenters. The minimum atomic E-state index is -0.0341. The Bertz CT molecular complexity index is 835. The molecule has 1 heterocycles. The Kier molecular flexibility index (Phi) is 9.83. The zero-order valence-corrected chi connectivity index (χ0v) is 18.4. The monoisotopic (exact) mass is 431 g/mol. The molecule has 170 valence electrons. The summed E-state index contributed by atoms with van der Waals surface area (Å²) in [5, 5.41) is 0. The number of benzene rings is 1. The standard InChI is InChI=1S/C22H33N5O4/c1-29-18-11-15(10-16-13-26-22(25)27-21(16)24)12-19(30-2)20(18)31-14-17(28)8-6-4-3-5-7-9-23/h11-13H,3-10,14,23H2,1-2H3,(H4,24,25,26,27). The Morgan fingerprint density at radius 2 is 1.65 bits per heavy atom. The van der Waals surface area contributed by atoms with E-state index < -0.39 is 0 Å². The van der Waals surface area contributed by atoms with Crippen LogP contribution in [-0.4, -0.2) is 43.1 Å². The molecule has 0 bridgehead atoms. The van der Waals surface area contributed by atoms with Crippen molar-refractivity contribution in [2.24, 2.45) is 5.73 Å². The SMILES string of the molecule is COc1cc(Cc2cnc(N)nc2N)cc(OC)c1OCC(=O)CCCCCCCN. The van der Waals surface area contributed by atoms with Gasteiger partial charge in [-0.3, -0.25) is 4.79 Å². The van der Waals surface area contributed by atoms with Crippen LogP contribution >= 0.6 is 0 Å². The summed E-state index contributed by atoms with van der Waals surface area (Å²) < 4.78 is 16.7. The lowest BCUT2D eigenvalue weighted by atomic mass is 10.1. The first-order valence-corrected chi connectivity index (χ1v) is 10.4. The molecule has 0 aliphatic rings. The predicted molar refractivity (Wildman–Crippen MR) is 120 cm³/mol. The zero-order chi connectivity index (χ0) is 22.6. The maximum Gasteiger partial charge on any atom is 0.221 e. The Balaban J connectivity index is 2.01. The van der Waals surface area contributed by atoms with E-state index in [4.69, 9.17) is 31.4 Å². The number of carbonyl (C=O) groups excluding carboxylic acids is 1. The van der Waals surface area contributed by atoms with Crippen molar-refractivity contribution in [3.8, 4) is 17.2 Å². The van der Waals surface area contributed by atoms with E-state index in [1.165, 1.54) is 14.2 Å². The van der Waals surface area contributed by atoms with E-state index in [1.807, 2.05) is 12.1 Å². The number of ketones is 1. The number of hydrogen-bond acceptors (Lipinski definition) is 9. The summed E-state index contributed by atoms with van der Waals surface area (Å²) in [4.78, 5) is 20.2. The number of nitrogens with zero attached hydrogens (tertiary/aromatic N) is 2. The third-order valence-electron chi connectivity index (χ3n) is 4.87. The van der Waals surface area contributed by atoms with Crippen molar-refractivity contribution in [1.82, 2.24) is 9.97 Å². The molecule has 0 fully saturated rings. The molecule has 31 heavy (non-hydrogen) atoms. The van der Waals surface area contributed by atoms with E-state index in [0.29, 0.717) is 35.9 Å². The van der Waals surface area contributed by atoms with Crippen molar-refractivity contribution >= 4 is 17.5 Å². The van der Waals surface area contributed by atoms with Gasteiger partial charge in [0.05, 0.1) is 14.2 Å². The predicted octanol–water partition coefficient (Wildman–Crippen LogP) is 2.50. The van der Waals surface area contributed by atoms with Crippen molar-refractivity contribution in [3.63, 3.8) is 0 Å². The summed E-state index contributed by atoms with van der Waals surface area (Å²) >= 11 is 0. The van der Waals surface area contributed by atoms with Gasteiger partial charge in [0.15, 0.2) is 17.3 Å². The Labute approximate surface area is 183 Å². The van der Waals surface area contributed by atoms with Gasteiger partial charge < -0.3 is 31.4 Å². The van der Waals surface area contributed by atoms with Gasteiger partial charge in [-0.05, 0) is 37.1 Å². The highest BCUT2D eigenvalue weighted by Gasteiger charge is 2.17. The molecule has 0 saturated carbocycles. The summed E-state index contributed by atoms with van der Waals surface area (Å²) in [6, 6.07) is 3.63. The minimum Gasteiger partial charge on any atom is -0.493 e. The molecule has 2 rings (SSSR count). The van der Waals surface area contributed by atoms with Gasteiger partial charge in [-0.2, -0.15) is 4.98 Å². The van der Waals surface area contributed by atoms with Crippen LogP contribution in [0.25, 0.3) is 0 Å². The molecule has 0 spiro atoms. The molecule has 1 aromatic heterocycles. The normalized spacial score (nSPS) is 10.7. The molecule has 0 amide bonds. The molecule has 1 aromatic carbocycles. The lowest BCUT2D eigenvalue weighted by molar-refractivity contribution is -0.121. The average Bonchev–Trinajstić information content (AvgIpc) is 2.76. The number of Topliss-reactive ketones (excluding diaryl/α,β-unsaturated/α-hetero) is 1. The van der Waals surface area contributed by atoms with Crippen LogP contribution in [-0.2, 0) is 11.2 Å². The topological polar surface area (TPSA) is 149 Å². The molecular weight excluding hydrogens is 398 g/mol.